The molecule has 10 heteroatoms. The number of hydrogen-bond acceptors (Lipinski definition) is 8. The number of benzene rings is 2. The average molecular weight is 474 g/mol. The van der Waals surface area contributed by atoms with Gasteiger partial charge < -0.3 is 24.8 Å². The van der Waals surface area contributed by atoms with Crippen molar-refractivity contribution in [2.75, 3.05) is 31.4 Å². The standard InChI is InChI=1S/C22H21Cl2N5O3/c1-13-5-4-6-16(26-8-7-25)21(13)29-22-27-10-14(11-28-22)32-12-15-19(23)17(30-2)9-18(31-3)20(15)24/h4-6,9-11,26H,8,12H2,1-3H3,(H,27,28,29). The van der Waals surface area contributed by atoms with E-state index in [4.69, 9.17) is 42.7 Å². The molecule has 166 valence electrons. The molecule has 0 unspecified atom stereocenters. The van der Waals surface area contributed by atoms with Crippen LogP contribution >= 0.6 is 23.2 Å². The number of anilines is 3. The Labute approximate surface area is 196 Å². The number of halogens is 2. The normalized spacial score (nSPS) is 10.2. The van der Waals surface area contributed by atoms with Gasteiger partial charge >= 0.3 is 0 Å². The van der Waals surface area contributed by atoms with Crippen molar-refractivity contribution in [2.45, 2.75) is 13.5 Å². The van der Waals surface area contributed by atoms with E-state index in [0.717, 1.165) is 16.9 Å². The highest BCUT2D eigenvalue weighted by Crippen LogP contribution is 2.40. The van der Waals surface area contributed by atoms with Crippen molar-refractivity contribution in [2.24, 2.45) is 0 Å². The Kier molecular flexibility index (Phi) is 7.82. The maximum atomic E-state index is 8.83. The Morgan fingerprint density at radius 2 is 1.72 bits per heavy atom. The van der Waals surface area contributed by atoms with E-state index in [0.29, 0.717) is 38.8 Å². The summed E-state index contributed by atoms with van der Waals surface area (Å²) in [7, 11) is 3.02. The van der Waals surface area contributed by atoms with Crippen LogP contribution in [-0.4, -0.2) is 30.7 Å². The van der Waals surface area contributed by atoms with Crippen LogP contribution < -0.4 is 24.8 Å². The second kappa shape index (κ2) is 10.8. The average Bonchev–Trinajstić information content (AvgIpc) is 2.80. The summed E-state index contributed by atoms with van der Waals surface area (Å²) in [6, 6.07) is 9.41. The third-order valence-corrected chi connectivity index (χ3v) is 5.37. The van der Waals surface area contributed by atoms with Gasteiger partial charge in [0.05, 0.1) is 54.1 Å². The van der Waals surface area contributed by atoms with Crippen molar-refractivity contribution in [3.05, 3.63) is 57.8 Å². The molecule has 0 aliphatic heterocycles. The highest BCUT2D eigenvalue weighted by Gasteiger charge is 2.18. The summed E-state index contributed by atoms with van der Waals surface area (Å²) in [6.45, 7) is 2.21. The van der Waals surface area contributed by atoms with Crippen LogP contribution in [0.3, 0.4) is 0 Å². The number of nitrogens with one attached hydrogen (secondary N) is 2. The van der Waals surface area contributed by atoms with Crippen LogP contribution in [0.5, 0.6) is 17.2 Å². The van der Waals surface area contributed by atoms with Crippen molar-refractivity contribution >= 4 is 40.5 Å². The largest absolute Gasteiger partial charge is 0.495 e. The predicted molar refractivity (Wildman–Crippen MR) is 124 cm³/mol. The van der Waals surface area contributed by atoms with E-state index in [1.807, 2.05) is 25.1 Å². The number of aromatic nitrogens is 2. The minimum Gasteiger partial charge on any atom is -0.495 e. The first kappa shape index (κ1) is 23.3. The molecular formula is C22H21Cl2N5O3. The molecule has 0 saturated heterocycles. The minimum atomic E-state index is 0.0708. The van der Waals surface area contributed by atoms with Crippen molar-refractivity contribution < 1.29 is 14.2 Å². The molecule has 1 heterocycles. The van der Waals surface area contributed by atoms with Gasteiger partial charge in [-0.3, -0.25) is 0 Å². The van der Waals surface area contributed by atoms with E-state index in [1.165, 1.54) is 26.6 Å². The summed E-state index contributed by atoms with van der Waals surface area (Å²) in [5, 5.41) is 15.7. The molecule has 0 spiro atoms. The zero-order valence-corrected chi connectivity index (χ0v) is 19.2. The lowest BCUT2D eigenvalue weighted by Gasteiger charge is -2.15. The van der Waals surface area contributed by atoms with Crippen molar-refractivity contribution in [1.29, 1.82) is 5.26 Å². The predicted octanol–water partition coefficient (Wildman–Crippen LogP) is 5.37. The zero-order chi connectivity index (χ0) is 23.1. The van der Waals surface area contributed by atoms with Gasteiger partial charge in [-0.2, -0.15) is 5.26 Å². The van der Waals surface area contributed by atoms with Crippen LogP contribution in [0.2, 0.25) is 10.0 Å². The monoisotopic (exact) mass is 473 g/mol. The number of hydrogen-bond donors (Lipinski definition) is 2. The molecule has 3 aromatic rings. The third kappa shape index (κ3) is 5.25. The molecule has 2 aromatic carbocycles. The fourth-order valence-corrected chi connectivity index (χ4v) is 3.51. The van der Waals surface area contributed by atoms with E-state index in [1.54, 1.807) is 6.07 Å². The summed E-state index contributed by atoms with van der Waals surface area (Å²) >= 11 is 12.8. The number of para-hydroxylation sites is 1. The summed E-state index contributed by atoms with van der Waals surface area (Å²) in [6.07, 6.45) is 3.07. The molecule has 0 aliphatic carbocycles. The first-order chi connectivity index (χ1) is 15.5. The van der Waals surface area contributed by atoms with E-state index >= 15 is 0 Å². The van der Waals surface area contributed by atoms with Crippen molar-refractivity contribution in [3.63, 3.8) is 0 Å². The van der Waals surface area contributed by atoms with Crippen LogP contribution in [0.1, 0.15) is 11.1 Å². The first-order valence-electron chi connectivity index (χ1n) is 9.49. The molecule has 1 aromatic heterocycles. The Morgan fingerprint density at radius 1 is 1.06 bits per heavy atom. The van der Waals surface area contributed by atoms with Gasteiger partial charge in [-0.25, -0.2) is 9.97 Å². The highest BCUT2D eigenvalue weighted by atomic mass is 35.5. The molecule has 0 bridgehead atoms. The lowest BCUT2D eigenvalue weighted by Crippen LogP contribution is -2.06. The molecule has 0 radical (unpaired) electrons. The van der Waals surface area contributed by atoms with Crippen LogP contribution in [0.15, 0.2) is 36.7 Å². The number of nitrogens with zero attached hydrogens (tertiary/aromatic N) is 3. The van der Waals surface area contributed by atoms with Gasteiger partial charge in [-0.05, 0) is 18.6 Å². The van der Waals surface area contributed by atoms with Crippen LogP contribution in [0.25, 0.3) is 0 Å². The lowest BCUT2D eigenvalue weighted by molar-refractivity contribution is 0.301. The Hall–Kier alpha value is -3.41. The molecule has 2 N–H and O–H groups in total. The van der Waals surface area contributed by atoms with E-state index in [-0.39, 0.29) is 13.2 Å². The Balaban J connectivity index is 1.74. The van der Waals surface area contributed by atoms with E-state index in [9.17, 15) is 0 Å². The minimum absolute atomic E-state index is 0.0708. The topological polar surface area (TPSA) is 101 Å². The maximum absolute atomic E-state index is 8.83. The van der Waals surface area contributed by atoms with Gasteiger partial charge in [0.25, 0.3) is 0 Å². The van der Waals surface area contributed by atoms with Gasteiger partial charge in [0.1, 0.15) is 24.7 Å². The maximum Gasteiger partial charge on any atom is 0.227 e. The van der Waals surface area contributed by atoms with Crippen LogP contribution in [0.4, 0.5) is 17.3 Å². The molecule has 3 rings (SSSR count). The molecule has 0 aliphatic rings. The lowest BCUT2D eigenvalue weighted by atomic mass is 10.1. The number of rotatable bonds is 9. The molecule has 8 nitrogen and oxygen atoms in total. The summed E-state index contributed by atoms with van der Waals surface area (Å²) in [4.78, 5) is 8.61. The Bertz CT molecular complexity index is 1110. The van der Waals surface area contributed by atoms with Gasteiger partial charge in [0, 0.05) is 11.6 Å². The SMILES string of the molecule is COc1cc(OC)c(Cl)c(COc2cnc(Nc3c(C)cccc3NCC#N)nc2)c1Cl. The Morgan fingerprint density at radius 3 is 2.31 bits per heavy atom. The first-order valence-corrected chi connectivity index (χ1v) is 10.2. The third-order valence-electron chi connectivity index (χ3n) is 4.54. The molecular weight excluding hydrogens is 453 g/mol. The van der Waals surface area contributed by atoms with Crippen LogP contribution in [0, 0.1) is 18.3 Å². The summed E-state index contributed by atoms with van der Waals surface area (Å²) in [5.74, 6) is 1.67. The fraction of sp³-hybridized carbons (Fsp3) is 0.227. The molecule has 0 saturated carbocycles. The fourth-order valence-electron chi connectivity index (χ4n) is 2.90. The van der Waals surface area contributed by atoms with Crippen molar-refractivity contribution in [3.8, 4) is 23.3 Å². The quantitative estimate of drug-likeness (QED) is 0.400. The molecule has 0 fully saturated rings. The molecule has 0 amide bonds. The van der Waals surface area contributed by atoms with Crippen LogP contribution in [-0.2, 0) is 6.61 Å². The highest BCUT2D eigenvalue weighted by molar-refractivity contribution is 6.37. The molecule has 32 heavy (non-hydrogen) atoms. The van der Waals surface area contributed by atoms with Gasteiger partial charge in [-0.1, -0.05) is 35.3 Å². The zero-order valence-electron chi connectivity index (χ0n) is 17.7. The van der Waals surface area contributed by atoms with Gasteiger partial charge in [0.2, 0.25) is 5.95 Å². The van der Waals surface area contributed by atoms with Crippen molar-refractivity contribution in [1.82, 2.24) is 9.97 Å². The summed E-state index contributed by atoms with van der Waals surface area (Å²) < 4.78 is 16.3. The molecule has 0 atom stereocenters. The van der Waals surface area contributed by atoms with E-state index < -0.39 is 0 Å². The summed E-state index contributed by atoms with van der Waals surface area (Å²) in [5.41, 5.74) is 3.08. The number of nitriles is 1. The smallest absolute Gasteiger partial charge is 0.227 e. The number of methoxy groups -OCH3 is 2. The number of ether oxygens (including phenoxy) is 3. The van der Waals surface area contributed by atoms with E-state index in [2.05, 4.69) is 26.7 Å². The second-order valence-electron chi connectivity index (χ2n) is 6.55. The van der Waals surface area contributed by atoms with Gasteiger partial charge in [0.15, 0.2) is 5.75 Å². The van der Waals surface area contributed by atoms with Gasteiger partial charge in [-0.15, -0.1) is 0 Å². The second-order valence-corrected chi connectivity index (χ2v) is 7.31. The number of aryl methyl sites for hydroxylation is 1.